The molecule has 3 aliphatic rings. The first-order valence-electron chi connectivity index (χ1n) is 18.5. The van der Waals surface area contributed by atoms with Crippen LogP contribution in [0.4, 0.5) is 0 Å². The molecule has 0 bridgehead atoms. The number of esters is 1. The van der Waals surface area contributed by atoms with Crippen LogP contribution in [0, 0.1) is 23.7 Å². The lowest BCUT2D eigenvalue weighted by molar-refractivity contribution is -0.318. The highest BCUT2D eigenvalue weighted by Crippen LogP contribution is 2.40. The van der Waals surface area contributed by atoms with Gasteiger partial charge < -0.3 is 58.9 Å². The summed E-state index contributed by atoms with van der Waals surface area (Å²) in [5.74, 6) is -4.98. The SMILES string of the molecule is CC[C@H]1OC(=O)[C@H](C)[C@H](O[C@H]2C[C@@](C)(OC)[C@@H](O)[C@H](C)O2)[C@H](C)[C@@H](O[C@H]2O[C@H](C)C[C@H](N(C)C)[C@H]2O)[C@](C)(O)C[C@@H](C)C(=O)[C@H](C)[C@@H](O)[C@]1(C)O. The van der Waals surface area contributed by atoms with Crippen LogP contribution in [0.2, 0.25) is 0 Å². The molecule has 0 aliphatic carbocycles. The molecule has 0 radical (unpaired) electrons. The van der Waals surface area contributed by atoms with Gasteiger partial charge in [0.15, 0.2) is 12.6 Å². The molecule has 0 unspecified atom stereocenters. The van der Waals surface area contributed by atoms with Gasteiger partial charge in [-0.25, -0.2) is 0 Å². The van der Waals surface area contributed by atoms with Crippen molar-refractivity contribution < 1.29 is 63.5 Å². The largest absolute Gasteiger partial charge is 0.459 e. The molecule has 3 aliphatic heterocycles. The summed E-state index contributed by atoms with van der Waals surface area (Å²) in [4.78, 5) is 29.8. The number of aliphatic hydroxyl groups is 5. The van der Waals surface area contributed by atoms with Gasteiger partial charge in [0, 0.05) is 37.3 Å². The Kier molecular flexibility index (Phi) is 14.7. The summed E-state index contributed by atoms with van der Waals surface area (Å²) in [5, 5.41) is 57.6. The summed E-state index contributed by atoms with van der Waals surface area (Å²) < 4.78 is 37.1. The average molecular weight is 734 g/mol. The Bertz CT molecular complexity index is 1170. The molecule has 0 amide bonds. The van der Waals surface area contributed by atoms with Crippen LogP contribution >= 0.6 is 0 Å². The van der Waals surface area contributed by atoms with Crippen LogP contribution in [0.5, 0.6) is 0 Å². The van der Waals surface area contributed by atoms with Crippen molar-refractivity contribution in [3.63, 3.8) is 0 Å². The lowest BCUT2D eigenvalue weighted by Gasteiger charge is -2.49. The number of methoxy groups -OCH3 is 1. The molecule has 5 N–H and O–H groups in total. The first-order valence-corrected chi connectivity index (χ1v) is 18.5. The number of cyclic esters (lactones) is 1. The van der Waals surface area contributed by atoms with E-state index >= 15 is 0 Å². The molecule has 3 saturated heterocycles. The molecule has 298 valence electrons. The molecule has 0 aromatic carbocycles. The van der Waals surface area contributed by atoms with Gasteiger partial charge in [-0.05, 0) is 74.9 Å². The number of carbonyl (C=O) groups excluding carboxylic acids is 2. The monoisotopic (exact) mass is 733 g/mol. The summed E-state index contributed by atoms with van der Waals surface area (Å²) in [6, 6.07) is -0.324. The number of Topliss-reactive ketones (excluding diaryl/α,β-unsaturated/α-hetero) is 1. The number of carbonyl (C=O) groups is 2. The van der Waals surface area contributed by atoms with Crippen molar-refractivity contribution in [1.82, 2.24) is 4.90 Å². The number of hydrogen-bond donors (Lipinski definition) is 5. The Morgan fingerprint density at radius 2 is 1.49 bits per heavy atom. The second kappa shape index (κ2) is 17.0. The van der Waals surface area contributed by atoms with Gasteiger partial charge in [0.25, 0.3) is 0 Å². The van der Waals surface area contributed by atoms with Crippen molar-refractivity contribution in [1.29, 1.82) is 0 Å². The molecule has 51 heavy (non-hydrogen) atoms. The van der Waals surface area contributed by atoms with Gasteiger partial charge in [0.2, 0.25) is 0 Å². The van der Waals surface area contributed by atoms with E-state index in [1.165, 1.54) is 27.9 Å². The Labute approximate surface area is 304 Å². The molecule has 3 rings (SSSR count). The van der Waals surface area contributed by atoms with Gasteiger partial charge in [0.1, 0.15) is 29.7 Å². The zero-order valence-corrected chi connectivity index (χ0v) is 32.9. The second-order valence-corrected chi connectivity index (χ2v) is 16.5. The lowest BCUT2D eigenvalue weighted by atomic mass is 9.74. The number of hydrogen-bond acceptors (Lipinski definition) is 14. The van der Waals surface area contributed by atoms with Gasteiger partial charge in [-0.3, -0.25) is 9.59 Å². The Balaban J connectivity index is 2.18. The van der Waals surface area contributed by atoms with Crippen molar-refractivity contribution in [3.8, 4) is 0 Å². The van der Waals surface area contributed by atoms with Crippen molar-refractivity contribution in [2.24, 2.45) is 23.7 Å². The van der Waals surface area contributed by atoms with E-state index in [4.69, 9.17) is 28.4 Å². The summed E-state index contributed by atoms with van der Waals surface area (Å²) >= 11 is 0. The van der Waals surface area contributed by atoms with Gasteiger partial charge in [-0.1, -0.05) is 27.7 Å². The highest BCUT2D eigenvalue weighted by atomic mass is 16.7. The molecule has 0 spiro atoms. The summed E-state index contributed by atoms with van der Waals surface area (Å²) in [6.07, 6.45) is -9.71. The number of aliphatic hydroxyl groups excluding tert-OH is 3. The highest BCUT2D eigenvalue weighted by Gasteiger charge is 2.53. The number of likely N-dealkylation sites (N-methyl/N-ethyl adjacent to an activating group) is 1. The smallest absolute Gasteiger partial charge is 0.311 e. The third-order valence-electron chi connectivity index (χ3n) is 11.8. The van der Waals surface area contributed by atoms with E-state index in [1.807, 2.05) is 25.9 Å². The van der Waals surface area contributed by atoms with Crippen LogP contribution in [-0.4, -0.2) is 148 Å². The van der Waals surface area contributed by atoms with E-state index in [-0.39, 0.29) is 31.4 Å². The van der Waals surface area contributed by atoms with E-state index in [0.717, 1.165) is 0 Å². The maximum atomic E-state index is 14.1. The molecule has 0 aromatic rings. The first-order chi connectivity index (χ1) is 23.4. The standard InChI is InChI=1S/C37H67NO13/c1-14-25-37(10,45)30(41)20(4)27(39)18(2)16-35(8,44)32(51-34-28(40)24(38(11)12)15-19(3)47-34)21(5)29(22(6)33(43)49-25)50-26-17-36(9,46-13)31(42)23(7)48-26/h18-26,28-32,34,40-42,44-45H,14-17H2,1-13H3/t18-,19-,20+,21+,22-,23+,24+,25-,26+,28-,29-,30-,31+,32-,34-,35-,36-,37-/m1/s1. The van der Waals surface area contributed by atoms with Crippen molar-refractivity contribution in [2.75, 3.05) is 21.2 Å². The molecule has 14 heteroatoms. The molecule has 18 atom stereocenters. The Morgan fingerprint density at radius 1 is 0.882 bits per heavy atom. The van der Waals surface area contributed by atoms with Crippen molar-refractivity contribution >= 4 is 11.8 Å². The normalized spacial score (nSPS) is 49.7. The van der Waals surface area contributed by atoms with Gasteiger partial charge in [0.05, 0.1) is 47.6 Å². The average Bonchev–Trinajstić information content (AvgIpc) is 3.05. The third-order valence-corrected chi connectivity index (χ3v) is 11.8. The first kappa shape index (κ1) is 44.1. The predicted octanol–water partition coefficient (Wildman–Crippen LogP) is 1.79. The van der Waals surface area contributed by atoms with E-state index in [1.54, 1.807) is 41.5 Å². The second-order valence-electron chi connectivity index (χ2n) is 16.5. The van der Waals surface area contributed by atoms with Crippen LogP contribution in [0.3, 0.4) is 0 Å². The molecule has 3 heterocycles. The van der Waals surface area contributed by atoms with Crippen molar-refractivity contribution in [2.45, 2.75) is 179 Å². The Morgan fingerprint density at radius 3 is 2.04 bits per heavy atom. The number of ether oxygens (including phenoxy) is 6. The molecular formula is C37H67NO13. The maximum absolute atomic E-state index is 14.1. The molecule has 3 fully saturated rings. The minimum absolute atomic E-state index is 0.0936. The summed E-state index contributed by atoms with van der Waals surface area (Å²) in [7, 11) is 5.18. The van der Waals surface area contributed by atoms with Crippen LogP contribution in [0.15, 0.2) is 0 Å². The molecular weight excluding hydrogens is 666 g/mol. The van der Waals surface area contributed by atoms with E-state index in [2.05, 4.69) is 0 Å². The third kappa shape index (κ3) is 9.51. The van der Waals surface area contributed by atoms with Crippen LogP contribution < -0.4 is 0 Å². The van der Waals surface area contributed by atoms with Gasteiger partial charge in [-0.15, -0.1) is 0 Å². The number of rotatable bonds is 7. The van der Waals surface area contributed by atoms with Crippen LogP contribution in [0.25, 0.3) is 0 Å². The predicted molar refractivity (Wildman–Crippen MR) is 186 cm³/mol. The summed E-state index contributed by atoms with van der Waals surface area (Å²) in [5.41, 5.74) is -4.84. The fraction of sp³-hybridized carbons (Fsp3) is 0.946. The number of nitrogens with zero attached hydrogens (tertiary/aromatic N) is 1. The zero-order valence-electron chi connectivity index (χ0n) is 32.9. The highest BCUT2D eigenvalue weighted by molar-refractivity contribution is 5.83. The van der Waals surface area contributed by atoms with Crippen LogP contribution in [0.1, 0.15) is 94.9 Å². The minimum Gasteiger partial charge on any atom is -0.459 e. The van der Waals surface area contributed by atoms with E-state index in [9.17, 15) is 35.1 Å². The maximum Gasteiger partial charge on any atom is 0.311 e. The van der Waals surface area contributed by atoms with Gasteiger partial charge >= 0.3 is 5.97 Å². The fourth-order valence-electron chi connectivity index (χ4n) is 8.41. The Hall–Kier alpha value is -1.30. The lowest BCUT2D eigenvalue weighted by Crippen LogP contribution is -2.61. The quantitative estimate of drug-likeness (QED) is 0.238. The van der Waals surface area contributed by atoms with E-state index < -0.39 is 108 Å². The summed E-state index contributed by atoms with van der Waals surface area (Å²) in [6.45, 7) is 16.3. The van der Waals surface area contributed by atoms with Crippen LogP contribution in [-0.2, 0) is 38.0 Å². The van der Waals surface area contributed by atoms with Crippen molar-refractivity contribution in [3.05, 3.63) is 0 Å². The minimum atomic E-state index is -1.99. The molecule has 14 nitrogen and oxygen atoms in total. The topological polar surface area (TPSA) is 194 Å². The fourth-order valence-corrected chi connectivity index (χ4v) is 8.41. The molecule has 0 saturated carbocycles. The van der Waals surface area contributed by atoms with Gasteiger partial charge in [-0.2, -0.15) is 0 Å². The molecule has 0 aromatic heterocycles. The number of ketones is 1. The zero-order chi connectivity index (χ0) is 39.0. The van der Waals surface area contributed by atoms with E-state index in [0.29, 0.717) is 6.42 Å².